The molecule has 0 bridgehead atoms. The molecule has 1 heterocycles. The fourth-order valence-electron chi connectivity index (χ4n) is 1.93. The van der Waals surface area contributed by atoms with E-state index in [9.17, 15) is 9.90 Å². The van der Waals surface area contributed by atoms with Crippen LogP contribution in [0.3, 0.4) is 0 Å². The number of aliphatic hydroxyl groups is 1. The topological polar surface area (TPSA) is 70.7 Å². The number of aryl methyl sites for hydroxylation is 2. The van der Waals surface area contributed by atoms with Gasteiger partial charge in [-0.15, -0.1) is 0 Å². The minimum absolute atomic E-state index is 0.341. The van der Waals surface area contributed by atoms with Gasteiger partial charge in [0.2, 0.25) is 0 Å². The number of carboxylic acid groups (broad SMARTS) is 1. The van der Waals surface area contributed by atoms with Gasteiger partial charge in [-0.1, -0.05) is 11.6 Å². The highest BCUT2D eigenvalue weighted by Gasteiger charge is 2.20. The van der Waals surface area contributed by atoms with Crippen LogP contribution in [0.1, 0.15) is 29.4 Å². The lowest BCUT2D eigenvalue weighted by Gasteiger charge is -2.04. The summed E-state index contributed by atoms with van der Waals surface area (Å²) in [6.07, 6.45) is -1.44. The van der Waals surface area contributed by atoms with Gasteiger partial charge in [0.15, 0.2) is 0 Å². The van der Waals surface area contributed by atoms with Crippen molar-refractivity contribution >= 4 is 16.9 Å². The van der Waals surface area contributed by atoms with E-state index in [4.69, 9.17) is 9.52 Å². The average Bonchev–Trinajstić information content (AvgIpc) is 2.55. The summed E-state index contributed by atoms with van der Waals surface area (Å²) in [6.45, 7) is 3.80. The van der Waals surface area contributed by atoms with Crippen LogP contribution in [-0.4, -0.2) is 16.2 Å². The molecule has 0 aliphatic heterocycles. The normalized spacial score (nSPS) is 12.9. The third-order valence-electron chi connectivity index (χ3n) is 2.80. The molecule has 1 aromatic carbocycles. The number of hydrogen-bond donors (Lipinski definition) is 2. The lowest BCUT2D eigenvalue weighted by molar-refractivity contribution is -0.139. The molecule has 0 aliphatic carbocycles. The number of carboxylic acids is 1. The fraction of sp³-hybridized carbons (Fsp3) is 0.308. The molecule has 0 saturated carbocycles. The second-order valence-corrected chi connectivity index (χ2v) is 4.20. The first-order valence-electron chi connectivity index (χ1n) is 5.38. The van der Waals surface area contributed by atoms with E-state index in [0.717, 1.165) is 16.5 Å². The highest BCUT2D eigenvalue weighted by Crippen LogP contribution is 2.31. The third kappa shape index (κ3) is 2.17. The molecule has 4 heteroatoms. The molecular formula is C13H14O4. The van der Waals surface area contributed by atoms with Gasteiger partial charge in [0.05, 0.1) is 6.42 Å². The van der Waals surface area contributed by atoms with E-state index in [2.05, 4.69) is 0 Å². The molecule has 17 heavy (non-hydrogen) atoms. The summed E-state index contributed by atoms with van der Waals surface area (Å²) < 4.78 is 5.50. The SMILES string of the molecule is Cc1ccc2oc(C(O)CC(=O)O)c(C)c2c1. The van der Waals surface area contributed by atoms with Crippen LogP contribution in [0.15, 0.2) is 22.6 Å². The zero-order chi connectivity index (χ0) is 12.6. The Bertz CT molecular complexity index is 568. The molecule has 0 saturated heterocycles. The Morgan fingerprint density at radius 2 is 2.12 bits per heavy atom. The highest BCUT2D eigenvalue weighted by molar-refractivity contribution is 5.83. The summed E-state index contributed by atoms with van der Waals surface area (Å²) in [5.41, 5.74) is 2.57. The standard InChI is InChI=1S/C13H14O4/c1-7-3-4-11-9(5-7)8(2)13(17-11)10(14)6-12(15)16/h3-5,10,14H,6H2,1-2H3,(H,15,16). The molecule has 1 aromatic heterocycles. The van der Waals surface area contributed by atoms with Crippen LogP contribution in [0, 0.1) is 13.8 Å². The van der Waals surface area contributed by atoms with Gasteiger partial charge in [-0.3, -0.25) is 4.79 Å². The van der Waals surface area contributed by atoms with Gasteiger partial charge in [0.1, 0.15) is 17.4 Å². The van der Waals surface area contributed by atoms with E-state index >= 15 is 0 Å². The van der Waals surface area contributed by atoms with Crippen LogP contribution < -0.4 is 0 Å². The van der Waals surface area contributed by atoms with Crippen molar-refractivity contribution in [3.8, 4) is 0 Å². The van der Waals surface area contributed by atoms with Crippen molar-refractivity contribution in [2.75, 3.05) is 0 Å². The van der Waals surface area contributed by atoms with Crippen molar-refractivity contribution in [2.45, 2.75) is 26.4 Å². The lowest BCUT2D eigenvalue weighted by atomic mass is 10.1. The Morgan fingerprint density at radius 3 is 2.76 bits per heavy atom. The van der Waals surface area contributed by atoms with E-state index in [1.807, 2.05) is 32.0 Å². The second kappa shape index (κ2) is 4.22. The Balaban J connectivity index is 2.48. The van der Waals surface area contributed by atoms with Crippen LogP contribution in [-0.2, 0) is 4.79 Å². The van der Waals surface area contributed by atoms with E-state index in [-0.39, 0.29) is 6.42 Å². The number of benzene rings is 1. The van der Waals surface area contributed by atoms with Gasteiger partial charge in [0, 0.05) is 10.9 Å². The number of furan rings is 1. The molecule has 0 fully saturated rings. The second-order valence-electron chi connectivity index (χ2n) is 4.20. The zero-order valence-electron chi connectivity index (χ0n) is 9.73. The molecule has 1 unspecified atom stereocenters. The summed E-state index contributed by atoms with van der Waals surface area (Å²) in [4.78, 5) is 10.6. The molecule has 0 radical (unpaired) electrons. The molecule has 90 valence electrons. The van der Waals surface area contributed by atoms with E-state index in [1.165, 1.54) is 0 Å². The average molecular weight is 234 g/mol. The number of hydrogen-bond acceptors (Lipinski definition) is 3. The lowest BCUT2D eigenvalue weighted by Crippen LogP contribution is -2.05. The summed E-state index contributed by atoms with van der Waals surface area (Å²) in [7, 11) is 0. The van der Waals surface area contributed by atoms with E-state index < -0.39 is 12.1 Å². The summed E-state index contributed by atoms with van der Waals surface area (Å²) in [6, 6.07) is 5.71. The van der Waals surface area contributed by atoms with Crippen LogP contribution in [0.5, 0.6) is 0 Å². The van der Waals surface area contributed by atoms with Crippen molar-refractivity contribution in [1.82, 2.24) is 0 Å². The highest BCUT2D eigenvalue weighted by atomic mass is 16.4. The third-order valence-corrected chi connectivity index (χ3v) is 2.80. The van der Waals surface area contributed by atoms with Crippen molar-refractivity contribution < 1.29 is 19.4 Å². The van der Waals surface area contributed by atoms with Crippen LogP contribution in [0.2, 0.25) is 0 Å². The number of aliphatic hydroxyl groups excluding tert-OH is 1. The van der Waals surface area contributed by atoms with E-state index in [1.54, 1.807) is 0 Å². The molecule has 2 aromatic rings. The van der Waals surface area contributed by atoms with Crippen molar-refractivity contribution in [3.63, 3.8) is 0 Å². The smallest absolute Gasteiger partial charge is 0.306 e. The van der Waals surface area contributed by atoms with Gasteiger partial charge < -0.3 is 14.6 Å². The largest absolute Gasteiger partial charge is 0.481 e. The van der Waals surface area contributed by atoms with Crippen molar-refractivity contribution in [3.05, 3.63) is 35.1 Å². The zero-order valence-corrected chi connectivity index (χ0v) is 9.73. The van der Waals surface area contributed by atoms with Crippen molar-refractivity contribution in [2.24, 2.45) is 0 Å². The fourth-order valence-corrected chi connectivity index (χ4v) is 1.93. The van der Waals surface area contributed by atoms with Gasteiger partial charge in [-0.2, -0.15) is 0 Å². The maximum absolute atomic E-state index is 10.6. The Kier molecular flexibility index (Phi) is 2.90. The summed E-state index contributed by atoms with van der Waals surface area (Å²) in [5, 5.41) is 19.3. The molecule has 4 nitrogen and oxygen atoms in total. The Labute approximate surface area is 98.5 Å². The van der Waals surface area contributed by atoms with Gasteiger partial charge >= 0.3 is 5.97 Å². The summed E-state index contributed by atoms with van der Waals surface area (Å²) in [5.74, 6) is -0.707. The number of rotatable bonds is 3. The van der Waals surface area contributed by atoms with Crippen LogP contribution >= 0.6 is 0 Å². The molecule has 2 N–H and O–H groups in total. The van der Waals surface area contributed by atoms with Gasteiger partial charge in [-0.05, 0) is 26.0 Å². The Morgan fingerprint density at radius 1 is 1.41 bits per heavy atom. The minimum atomic E-state index is -1.10. The first-order chi connectivity index (χ1) is 7.99. The molecule has 2 rings (SSSR count). The maximum Gasteiger partial charge on any atom is 0.306 e. The summed E-state index contributed by atoms with van der Waals surface area (Å²) >= 11 is 0. The van der Waals surface area contributed by atoms with Gasteiger partial charge in [0.25, 0.3) is 0 Å². The number of carbonyl (C=O) groups is 1. The minimum Gasteiger partial charge on any atom is -0.481 e. The predicted molar refractivity (Wildman–Crippen MR) is 62.9 cm³/mol. The van der Waals surface area contributed by atoms with E-state index in [0.29, 0.717) is 11.3 Å². The first-order valence-corrected chi connectivity index (χ1v) is 5.38. The van der Waals surface area contributed by atoms with Crippen molar-refractivity contribution in [1.29, 1.82) is 0 Å². The molecule has 0 spiro atoms. The monoisotopic (exact) mass is 234 g/mol. The predicted octanol–water partition coefficient (Wildman–Crippen LogP) is 2.56. The Hall–Kier alpha value is -1.81. The van der Waals surface area contributed by atoms with Crippen LogP contribution in [0.25, 0.3) is 11.0 Å². The first kappa shape index (κ1) is 11.7. The number of fused-ring (bicyclic) bond motifs is 1. The number of aliphatic carboxylic acids is 1. The molecule has 0 aliphatic rings. The maximum atomic E-state index is 10.6. The molecule has 1 atom stereocenters. The van der Waals surface area contributed by atoms with Gasteiger partial charge in [-0.25, -0.2) is 0 Å². The molecule has 0 amide bonds. The molecular weight excluding hydrogens is 220 g/mol. The van der Waals surface area contributed by atoms with Crippen LogP contribution in [0.4, 0.5) is 0 Å². The quantitative estimate of drug-likeness (QED) is 0.856.